The lowest BCUT2D eigenvalue weighted by Crippen LogP contribution is -2.07. The van der Waals surface area contributed by atoms with Crippen molar-refractivity contribution in [2.24, 2.45) is 5.73 Å². The molecule has 0 aliphatic rings. The molecule has 2 aromatic carbocycles. The van der Waals surface area contributed by atoms with Crippen molar-refractivity contribution in [1.29, 1.82) is 0 Å². The Kier molecular flexibility index (Phi) is 4.36. The molecular weight excluding hydrogens is 243 g/mol. The molecule has 19 heavy (non-hydrogen) atoms. The van der Waals surface area contributed by atoms with Crippen LogP contribution in [0.2, 0.25) is 0 Å². The van der Waals surface area contributed by atoms with Crippen LogP contribution >= 0.6 is 0 Å². The second-order valence-corrected chi connectivity index (χ2v) is 4.11. The minimum atomic E-state index is -0.263. The lowest BCUT2D eigenvalue weighted by Gasteiger charge is -2.11. The van der Waals surface area contributed by atoms with Crippen LogP contribution in [-0.2, 0) is 13.1 Å². The van der Waals surface area contributed by atoms with Crippen molar-refractivity contribution < 1.29 is 9.13 Å². The fraction of sp³-hybridized carbons (Fsp3) is 0.200. The third-order valence-electron chi connectivity index (χ3n) is 2.84. The molecule has 1 radical (unpaired) electrons. The Labute approximate surface area is 112 Å². The summed E-state index contributed by atoms with van der Waals surface area (Å²) in [6, 6.07) is 13.1. The van der Waals surface area contributed by atoms with Crippen LogP contribution in [0, 0.1) is 11.9 Å². The van der Waals surface area contributed by atoms with Crippen molar-refractivity contribution in [2.45, 2.75) is 13.1 Å². The average Bonchev–Trinajstić information content (AvgIpc) is 2.45. The number of anilines is 1. The second-order valence-electron chi connectivity index (χ2n) is 4.11. The Morgan fingerprint density at radius 2 is 2.21 bits per heavy atom. The zero-order valence-electron chi connectivity index (χ0n) is 10.7. The summed E-state index contributed by atoms with van der Waals surface area (Å²) < 4.78 is 18.2. The van der Waals surface area contributed by atoms with E-state index in [0.717, 1.165) is 22.6 Å². The van der Waals surface area contributed by atoms with Gasteiger partial charge in [-0.1, -0.05) is 6.07 Å². The van der Waals surface area contributed by atoms with Crippen LogP contribution in [0.5, 0.6) is 5.75 Å². The molecule has 99 valence electrons. The van der Waals surface area contributed by atoms with Gasteiger partial charge in [-0.15, -0.1) is 0 Å². The van der Waals surface area contributed by atoms with Crippen molar-refractivity contribution in [1.82, 2.24) is 0 Å². The Morgan fingerprint density at radius 1 is 1.37 bits per heavy atom. The summed E-state index contributed by atoms with van der Waals surface area (Å²) in [7, 11) is 1.61. The summed E-state index contributed by atoms with van der Waals surface area (Å²) in [5.41, 5.74) is 8.32. The number of rotatable bonds is 5. The van der Waals surface area contributed by atoms with Gasteiger partial charge in [-0.25, -0.2) is 4.39 Å². The lowest BCUT2D eigenvalue weighted by atomic mass is 10.1. The van der Waals surface area contributed by atoms with E-state index in [1.54, 1.807) is 19.2 Å². The molecule has 0 saturated carbocycles. The first-order chi connectivity index (χ1) is 9.22. The predicted octanol–water partition coefficient (Wildman–Crippen LogP) is 2.71. The molecule has 0 aromatic heterocycles. The van der Waals surface area contributed by atoms with E-state index in [4.69, 9.17) is 10.5 Å². The fourth-order valence-corrected chi connectivity index (χ4v) is 1.81. The molecule has 0 aliphatic heterocycles. The summed E-state index contributed by atoms with van der Waals surface area (Å²) in [5.74, 6) is 0.467. The molecule has 0 unspecified atom stereocenters. The number of nitrogens with two attached hydrogens (primary N) is 1. The van der Waals surface area contributed by atoms with Gasteiger partial charge < -0.3 is 15.8 Å². The van der Waals surface area contributed by atoms with Crippen LogP contribution in [0.3, 0.4) is 0 Å². The van der Waals surface area contributed by atoms with E-state index in [9.17, 15) is 4.39 Å². The lowest BCUT2D eigenvalue weighted by molar-refractivity contribution is 0.414. The largest absolute Gasteiger partial charge is 0.497 e. The number of hydrogen-bond donors (Lipinski definition) is 2. The standard InChI is InChI=1S/C15H16FN2O/c1-19-15-6-5-11(9-17)12(7-15)10-18-14-4-2-3-13(16)8-14/h2-4,6-8,18H,9-10,17H2,1H3. The molecule has 3 nitrogen and oxygen atoms in total. The summed E-state index contributed by atoms with van der Waals surface area (Å²) in [6.45, 7) is 0.952. The SMILES string of the molecule is COc1c[c]c(CN)c(CNc2cccc(F)c2)c1. The highest BCUT2D eigenvalue weighted by atomic mass is 19.1. The molecule has 0 heterocycles. The average molecular weight is 259 g/mol. The zero-order chi connectivity index (χ0) is 13.7. The van der Waals surface area contributed by atoms with Gasteiger partial charge in [-0.3, -0.25) is 0 Å². The smallest absolute Gasteiger partial charge is 0.125 e. The molecule has 0 aliphatic carbocycles. The molecule has 0 fully saturated rings. The van der Waals surface area contributed by atoms with Gasteiger partial charge in [-0.05, 0) is 47.5 Å². The molecule has 0 bridgehead atoms. The molecule has 0 spiro atoms. The van der Waals surface area contributed by atoms with Crippen molar-refractivity contribution in [3.63, 3.8) is 0 Å². The minimum Gasteiger partial charge on any atom is -0.497 e. The molecular formula is C15H16FN2O. The minimum absolute atomic E-state index is 0.263. The van der Waals surface area contributed by atoms with Crippen molar-refractivity contribution in [3.8, 4) is 5.75 Å². The van der Waals surface area contributed by atoms with Crippen LogP contribution in [0.4, 0.5) is 10.1 Å². The molecule has 2 rings (SSSR count). The summed E-state index contributed by atoms with van der Waals surface area (Å²) in [5, 5.41) is 3.16. The second kappa shape index (κ2) is 6.20. The maximum atomic E-state index is 13.1. The molecule has 0 amide bonds. The third kappa shape index (κ3) is 3.45. The van der Waals surface area contributed by atoms with Gasteiger partial charge in [0.25, 0.3) is 0 Å². The Bertz CT molecular complexity index is 558. The van der Waals surface area contributed by atoms with Gasteiger partial charge >= 0.3 is 0 Å². The molecule has 4 heteroatoms. The van der Waals surface area contributed by atoms with E-state index in [-0.39, 0.29) is 5.82 Å². The van der Waals surface area contributed by atoms with Crippen molar-refractivity contribution in [3.05, 3.63) is 59.4 Å². The molecule has 0 atom stereocenters. The summed E-state index contributed by atoms with van der Waals surface area (Å²) in [4.78, 5) is 0. The van der Waals surface area contributed by atoms with Crippen molar-refractivity contribution >= 4 is 5.69 Å². The number of methoxy groups -OCH3 is 1. The predicted molar refractivity (Wildman–Crippen MR) is 73.4 cm³/mol. The van der Waals surface area contributed by atoms with Crippen LogP contribution in [0.25, 0.3) is 0 Å². The van der Waals surface area contributed by atoms with E-state index in [0.29, 0.717) is 13.1 Å². The number of halogens is 1. The number of ether oxygens (including phenoxy) is 1. The van der Waals surface area contributed by atoms with E-state index < -0.39 is 0 Å². The highest BCUT2D eigenvalue weighted by molar-refractivity contribution is 5.45. The van der Waals surface area contributed by atoms with Gasteiger partial charge in [0.05, 0.1) is 7.11 Å². The summed E-state index contributed by atoms with van der Waals surface area (Å²) >= 11 is 0. The highest BCUT2D eigenvalue weighted by Gasteiger charge is 2.04. The van der Waals surface area contributed by atoms with Crippen molar-refractivity contribution in [2.75, 3.05) is 12.4 Å². The third-order valence-corrected chi connectivity index (χ3v) is 2.84. The fourth-order valence-electron chi connectivity index (χ4n) is 1.81. The first kappa shape index (κ1) is 13.4. The monoisotopic (exact) mass is 259 g/mol. The molecule has 3 N–H and O–H groups in total. The van der Waals surface area contributed by atoms with Gasteiger partial charge in [0.2, 0.25) is 0 Å². The Morgan fingerprint density at radius 3 is 2.89 bits per heavy atom. The quantitative estimate of drug-likeness (QED) is 0.868. The zero-order valence-corrected chi connectivity index (χ0v) is 10.7. The van der Waals surface area contributed by atoms with Gasteiger partial charge in [0.1, 0.15) is 11.6 Å². The first-order valence-corrected chi connectivity index (χ1v) is 6.00. The number of hydrogen-bond acceptors (Lipinski definition) is 3. The Hall–Kier alpha value is -2.07. The van der Waals surface area contributed by atoms with Gasteiger partial charge in [-0.2, -0.15) is 0 Å². The van der Waals surface area contributed by atoms with Gasteiger partial charge in [0.15, 0.2) is 0 Å². The van der Waals surface area contributed by atoms with Crippen LogP contribution < -0.4 is 15.8 Å². The van der Waals surface area contributed by atoms with E-state index in [1.165, 1.54) is 12.1 Å². The first-order valence-electron chi connectivity index (χ1n) is 6.00. The van der Waals surface area contributed by atoms with Gasteiger partial charge in [0, 0.05) is 18.8 Å². The van der Waals surface area contributed by atoms with E-state index in [2.05, 4.69) is 11.4 Å². The molecule has 2 aromatic rings. The maximum absolute atomic E-state index is 13.1. The van der Waals surface area contributed by atoms with Crippen LogP contribution in [0.15, 0.2) is 36.4 Å². The van der Waals surface area contributed by atoms with E-state index >= 15 is 0 Å². The van der Waals surface area contributed by atoms with Crippen LogP contribution in [-0.4, -0.2) is 7.11 Å². The number of benzene rings is 2. The normalized spacial score (nSPS) is 10.3. The molecule has 0 saturated heterocycles. The summed E-state index contributed by atoms with van der Waals surface area (Å²) in [6.07, 6.45) is 0. The number of nitrogens with one attached hydrogen (secondary N) is 1. The van der Waals surface area contributed by atoms with E-state index in [1.807, 2.05) is 12.1 Å². The maximum Gasteiger partial charge on any atom is 0.125 e. The highest BCUT2D eigenvalue weighted by Crippen LogP contribution is 2.19. The topological polar surface area (TPSA) is 47.3 Å². The Balaban J connectivity index is 2.14. The van der Waals surface area contributed by atoms with Crippen LogP contribution in [0.1, 0.15) is 11.1 Å².